The first-order chi connectivity index (χ1) is 26.8. The molecule has 318 valence electrons. The minimum absolute atomic E-state index is 0.0451. The van der Waals surface area contributed by atoms with Crippen LogP contribution in [0.15, 0.2) is 95.6 Å². The molecule has 2 aromatic rings. The lowest BCUT2D eigenvalue weighted by Crippen LogP contribution is -2.32. The quantitative estimate of drug-likeness (QED) is 0.0927. The minimum atomic E-state index is -4.27. The molecule has 4 rings (SSSR count). The number of sulfonamides is 1. The molecule has 0 radical (unpaired) electrons. The van der Waals surface area contributed by atoms with Gasteiger partial charge >= 0.3 is 16.6 Å². The number of fused-ring (bicyclic) bond motifs is 2. The Bertz CT molecular complexity index is 2460. The molecule has 0 aromatic heterocycles. The van der Waals surface area contributed by atoms with Crippen LogP contribution in [0, 0.1) is 0 Å². The Morgan fingerprint density at radius 1 is 0.845 bits per heavy atom. The van der Waals surface area contributed by atoms with E-state index in [2.05, 4.69) is 24.5 Å². The van der Waals surface area contributed by atoms with Crippen molar-refractivity contribution in [3.63, 3.8) is 0 Å². The molecular formula is C38H49N3O13S4. The average Bonchev–Trinajstić information content (AvgIpc) is 3.44. The molecule has 2 heterocycles. The second kappa shape index (κ2) is 19.6. The summed E-state index contributed by atoms with van der Waals surface area (Å²) in [5.74, 6) is -2.06. The van der Waals surface area contributed by atoms with Crippen molar-refractivity contribution >= 4 is 63.9 Å². The maximum Gasteiger partial charge on any atom is 0.425 e. The summed E-state index contributed by atoms with van der Waals surface area (Å²) in [4.78, 5) is 13.2. The van der Waals surface area contributed by atoms with Crippen molar-refractivity contribution in [3.8, 4) is 0 Å². The van der Waals surface area contributed by atoms with E-state index < -0.39 is 64.6 Å². The van der Waals surface area contributed by atoms with Crippen molar-refractivity contribution in [2.24, 2.45) is 0 Å². The smallest absolute Gasteiger partial charge is 0.425 e. The number of likely N-dealkylation sites (N-methyl/N-ethyl adjacent to an activating group) is 1. The van der Waals surface area contributed by atoms with Gasteiger partial charge in [0.05, 0.1) is 26.2 Å². The average molecular weight is 884 g/mol. The van der Waals surface area contributed by atoms with Gasteiger partial charge in [0.25, 0.3) is 10.1 Å². The summed E-state index contributed by atoms with van der Waals surface area (Å²) in [7, 11) is -14.4. The van der Waals surface area contributed by atoms with E-state index in [0.29, 0.717) is 31.5 Å². The highest BCUT2D eigenvalue weighted by molar-refractivity contribution is 7.89. The number of unbranched alkanes of at least 4 members (excludes halogenated alkanes) is 2. The van der Waals surface area contributed by atoms with Crippen LogP contribution in [0.2, 0.25) is 0 Å². The van der Waals surface area contributed by atoms with Crippen LogP contribution in [0.3, 0.4) is 0 Å². The number of para-hydroxylation sites is 1. The number of rotatable bonds is 18. The Balaban J connectivity index is 0.00000215. The van der Waals surface area contributed by atoms with Gasteiger partial charge in [-0.05, 0) is 62.9 Å². The molecule has 2 aromatic carbocycles. The predicted octanol–water partition coefficient (Wildman–Crippen LogP) is 4.11. The molecular weight excluding hydrogens is 835 g/mol. The number of carbonyl (C=O) groups is 1. The molecule has 2 N–H and O–H groups in total. The summed E-state index contributed by atoms with van der Waals surface area (Å²) in [6, 6.07) is 12.7. The third-order valence-electron chi connectivity index (χ3n) is 9.74. The molecule has 0 spiro atoms. The molecule has 0 bridgehead atoms. The Labute approximate surface area is 342 Å². The van der Waals surface area contributed by atoms with Gasteiger partial charge in [-0.1, -0.05) is 62.4 Å². The number of allylic oxidation sites excluding steroid dienone is 8. The molecule has 0 saturated heterocycles. The molecule has 58 heavy (non-hydrogen) atoms. The highest BCUT2D eigenvalue weighted by Crippen LogP contribution is 2.48. The Morgan fingerprint density at radius 2 is 1.45 bits per heavy atom. The van der Waals surface area contributed by atoms with Crippen LogP contribution in [0.4, 0.5) is 11.4 Å². The van der Waals surface area contributed by atoms with Crippen LogP contribution in [-0.4, -0.2) is 111 Å². The molecule has 0 aliphatic carbocycles. The zero-order valence-electron chi connectivity index (χ0n) is 32.8. The number of carboxylic acid groups (broad SMARTS) is 1. The maximum atomic E-state index is 13.2. The predicted molar refractivity (Wildman–Crippen MR) is 218 cm³/mol. The van der Waals surface area contributed by atoms with Gasteiger partial charge in [-0.15, -0.1) is 12.6 Å². The van der Waals surface area contributed by atoms with E-state index in [1.54, 1.807) is 12.1 Å². The van der Waals surface area contributed by atoms with Gasteiger partial charge < -0.3 is 14.6 Å². The van der Waals surface area contributed by atoms with Gasteiger partial charge in [0.1, 0.15) is 13.1 Å². The summed E-state index contributed by atoms with van der Waals surface area (Å²) in [6.45, 7) is 8.42. The van der Waals surface area contributed by atoms with Gasteiger partial charge in [0, 0.05) is 60.3 Å². The number of nitrogens with zero attached hydrogens (tertiary/aromatic N) is 3. The van der Waals surface area contributed by atoms with Crippen LogP contribution < -0.4 is 4.90 Å². The SMILES string of the molecule is CN(CC(=O)O)S(=O)(=O)c1ccc2c(c1)C(C)(C)\C(=C/C=C/C=C/C=C/C1=[N+](CCCCS(=O)(=O)[O-])c3ccccc3C1(C)C)N2CCCCS(=O)(=O)O.O=S(=O)=O. The van der Waals surface area contributed by atoms with Crippen molar-refractivity contribution in [2.75, 3.05) is 43.1 Å². The van der Waals surface area contributed by atoms with Crippen LogP contribution in [-0.2, 0) is 56.5 Å². The van der Waals surface area contributed by atoms with E-state index in [4.69, 9.17) is 17.7 Å². The number of carboxylic acids is 1. The van der Waals surface area contributed by atoms with Gasteiger partial charge in [0.15, 0.2) is 5.71 Å². The van der Waals surface area contributed by atoms with Crippen molar-refractivity contribution in [1.29, 1.82) is 0 Å². The number of aliphatic carboxylic acids is 1. The fourth-order valence-electron chi connectivity index (χ4n) is 6.98. The number of anilines is 1. The monoisotopic (exact) mass is 883 g/mol. The Hall–Kier alpha value is -4.31. The minimum Gasteiger partial charge on any atom is -0.748 e. The molecule has 20 heteroatoms. The lowest BCUT2D eigenvalue weighted by atomic mass is 9.81. The van der Waals surface area contributed by atoms with Crippen LogP contribution >= 0.6 is 0 Å². The Morgan fingerprint density at radius 3 is 2.07 bits per heavy atom. The second-order valence-electron chi connectivity index (χ2n) is 14.6. The van der Waals surface area contributed by atoms with E-state index in [1.807, 2.05) is 79.5 Å². The van der Waals surface area contributed by atoms with Gasteiger partial charge in [-0.3, -0.25) is 9.35 Å². The maximum absolute atomic E-state index is 13.2. The standard InChI is InChI=1S/C38H49N3O10S3.O3S/c1-37(2)30-17-11-12-18-32(30)40(23-13-15-25-52(44,45)46)34(37)19-9-7-6-8-10-20-35-38(3,4)31-27-29(54(50,51)39(5)28-36(42)43)21-22-33(31)41(35)24-14-16-26-53(47,48)49;1-4(2)3/h6-12,17-22,27H,13-16,23-26,28H2,1-5H3,(H2-,42,43,44,45,46,47,48,49);. The zero-order valence-corrected chi connectivity index (χ0v) is 36.1. The van der Waals surface area contributed by atoms with Crippen LogP contribution in [0.25, 0.3) is 0 Å². The van der Waals surface area contributed by atoms with Gasteiger partial charge in [0.2, 0.25) is 15.7 Å². The van der Waals surface area contributed by atoms with E-state index in [-0.39, 0.29) is 28.9 Å². The molecule has 0 atom stereocenters. The van der Waals surface area contributed by atoms with Crippen molar-refractivity contribution in [3.05, 3.63) is 102 Å². The molecule has 0 amide bonds. The first kappa shape index (κ1) is 48.1. The summed E-state index contributed by atoms with van der Waals surface area (Å²) in [5, 5.41) is 9.16. The molecule has 2 aliphatic heterocycles. The van der Waals surface area contributed by atoms with Crippen molar-refractivity contribution < 1.29 is 61.5 Å². The number of benzene rings is 2. The largest absolute Gasteiger partial charge is 0.748 e. The fraction of sp³-hybridized carbons (Fsp3) is 0.421. The first-order valence-electron chi connectivity index (χ1n) is 18.0. The lowest BCUT2D eigenvalue weighted by molar-refractivity contribution is -0.438. The summed E-state index contributed by atoms with van der Waals surface area (Å²) in [6.07, 6.45) is 14.8. The van der Waals surface area contributed by atoms with E-state index in [9.17, 15) is 39.2 Å². The molecule has 2 aliphatic rings. The van der Waals surface area contributed by atoms with Gasteiger partial charge in [-0.2, -0.15) is 17.3 Å². The van der Waals surface area contributed by atoms with E-state index >= 15 is 0 Å². The molecule has 0 unspecified atom stereocenters. The molecule has 0 saturated carbocycles. The Kier molecular flexibility index (Phi) is 16.3. The summed E-state index contributed by atoms with van der Waals surface area (Å²) in [5.41, 5.74) is 4.50. The van der Waals surface area contributed by atoms with Crippen molar-refractivity contribution in [1.82, 2.24) is 4.31 Å². The fourth-order valence-corrected chi connectivity index (χ4v) is 9.26. The lowest BCUT2D eigenvalue weighted by Gasteiger charge is -2.27. The number of hydrogen-bond donors (Lipinski definition) is 2. The highest BCUT2D eigenvalue weighted by atomic mass is 32.2. The van der Waals surface area contributed by atoms with Crippen molar-refractivity contribution in [2.45, 2.75) is 69.1 Å². The van der Waals surface area contributed by atoms with Gasteiger partial charge in [-0.25, -0.2) is 16.8 Å². The summed E-state index contributed by atoms with van der Waals surface area (Å²) < 4.78 is 120. The number of hydrogen-bond acceptors (Lipinski definition) is 12. The third kappa shape index (κ3) is 12.8. The molecule has 16 nitrogen and oxygen atoms in total. The first-order valence-corrected chi connectivity index (χ1v) is 23.7. The zero-order chi connectivity index (χ0) is 43.7. The van der Waals surface area contributed by atoms with E-state index in [0.717, 1.165) is 32.7 Å². The topological polar surface area (TPSA) is 244 Å². The van der Waals surface area contributed by atoms with E-state index in [1.165, 1.54) is 13.1 Å². The third-order valence-corrected chi connectivity index (χ3v) is 13.1. The van der Waals surface area contributed by atoms with Crippen LogP contribution in [0.5, 0.6) is 0 Å². The highest BCUT2D eigenvalue weighted by Gasteiger charge is 2.44. The summed E-state index contributed by atoms with van der Waals surface area (Å²) >= 11 is 0. The molecule has 0 fully saturated rings. The van der Waals surface area contributed by atoms with Crippen LogP contribution in [0.1, 0.15) is 64.5 Å². The second-order valence-corrected chi connectivity index (χ2v) is 20.2. The normalized spacial score (nSPS) is 17.0.